The van der Waals surface area contributed by atoms with Crippen molar-refractivity contribution < 1.29 is 9.90 Å². The minimum Gasteiger partial charge on any atom is -0.391 e. The number of rotatable bonds is 3. The van der Waals surface area contributed by atoms with Gasteiger partial charge in [-0.15, -0.1) is 0 Å². The van der Waals surface area contributed by atoms with Crippen molar-refractivity contribution in [3.8, 4) is 0 Å². The Labute approximate surface area is 114 Å². The van der Waals surface area contributed by atoms with Crippen LogP contribution in [0.2, 0.25) is 0 Å². The van der Waals surface area contributed by atoms with E-state index in [0.29, 0.717) is 5.56 Å². The van der Waals surface area contributed by atoms with Gasteiger partial charge < -0.3 is 15.7 Å². The minimum absolute atomic E-state index is 0.119. The van der Waals surface area contributed by atoms with Gasteiger partial charge in [0, 0.05) is 17.8 Å². The zero-order valence-electron chi connectivity index (χ0n) is 11.8. The fraction of sp³-hybridized carbons (Fsp3) is 0.533. The monoisotopic (exact) mass is 262 g/mol. The summed E-state index contributed by atoms with van der Waals surface area (Å²) in [6, 6.07) is 5.74. The SMILES string of the molecule is CC(O)C(C)(C)NC(=O)c1cccc2c1CCCN2. The average Bonchev–Trinajstić information content (AvgIpc) is 2.37. The number of hydrogen-bond acceptors (Lipinski definition) is 3. The summed E-state index contributed by atoms with van der Waals surface area (Å²) in [5.41, 5.74) is 2.20. The minimum atomic E-state index is -0.637. The summed E-state index contributed by atoms with van der Waals surface area (Å²) < 4.78 is 0. The molecule has 104 valence electrons. The van der Waals surface area contributed by atoms with Gasteiger partial charge >= 0.3 is 0 Å². The summed E-state index contributed by atoms with van der Waals surface area (Å²) in [6.07, 6.45) is 1.35. The number of aliphatic hydroxyl groups excluding tert-OH is 1. The first kappa shape index (κ1) is 13.9. The van der Waals surface area contributed by atoms with Crippen LogP contribution in [0.25, 0.3) is 0 Å². The van der Waals surface area contributed by atoms with Crippen LogP contribution in [0.3, 0.4) is 0 Å². The van der Waals surface area contributed by atoms with Crippen molar-refractivity contribution >= 4 is 11.6 Å². The molecule has 1 aromatic rings. The van der Waals surface area contributed by atoms with Crippen LogP contribution >= 0.6 is 0 Å². The van der Waals surface area contributed by atoms with Crippen LogP contribution in [0.5, 0.6) is 0 Å². The molecule has 0 spiro atoms. The van der Waals surface area contributed by atoms with Crippen molar-refractivity contribution in [3.05, 3.63) is 29.3 Å². The zero-order valence-corrected chi connectivity index (χ0v) is 11.8. The Balaban J connectivity index is 2.25. The molecule has 0 bridgehead atoms. The molecule has 1 unspecified atom stereocenters. The molecule has 0 saturated heterocycles. The number of carbonyl (C=O) groups is 1. The smallest absolute Gasteiger partial charge is 0.252 e. The summed E-state index contributed by atoms with van der Waals surface area (Å²) in [4.78, 5) is 12.4. The molecule has 0 aliphatic carbocycles. The molecule has 0 saturated carbocycles. The first-order valence-corrected chi connectivity index (χ1v) is 6.78. The number of benzene rings is 1. The predicted octanol–water partition coefficient (Wildman–Crippen LogP) is 1.93. The number of amides is 1. The van der Waals surface area contributed by atoms with E-state index in [0.717, 1.165) is 30.6 Å². The number of nitrogens with one attached hydrogen (secondary N) is 2. The van der Waals surface area contributed by atoms with Gasteiger partial charge in [-0.3, -0.25) is 4.79 Å². The maximum Gasteiger partial charge on any atom is 0.252 e. The fourth-order valence-corrected chi connectivity index (χ4v) is 2.19. The van der Waals surface area contributed by atoms with Gasteiger partial charge in [-0.25, -0.2) is 0 Å². The van der Waals surface area contributed by atoms with E-state index in [-0.39, 0.29) is 5.91 Å². The van der Waals surface area contributed by atoms with Gasteiger partial charge in [0.05, 0.1) is 11.6 Å². The molecular weight excluding hydrogens is 240 g/mol. The number of fused-ring (bicyclic) bond motifs is 1. The van der Waals surface area contributed by atoms with Crippen LogP contribution < -0.4 is 10.6 Å². The van der Waals surface area contributed by atoms with E-state index < -0.39 is 11.6 Å². The van der Waals surface area contributed by atoms with Crippen LogP contribution in [0, 0.1) is 0 Å². The molecular formula is C15H22N2O2. The standard InChI is InChI=1S/C15H22N2O2/c1-10(18)15(2,3)17-14(19)12-6-4-8-13-11(12)7-5-9-16-13/h4,6,8,10,16,18H,5,7,9H2,1-3H3,(H,17,19). The first-order valence-electron chi connectivity index (χ1n) is 6.78. The second kappa shape index (κ2) is 5.21. The summed E-state index contributed by atoms with van der Waals surface area (Å²) in [6.45, 7) is 6.28. The lowest BCUT2D eigenvalue weighted by Crippen LogP contribution is -2.51. The van der Waals surface area contributed by atoms with Crippen molar-refractivity contribution in [2.45, 2.75) is 45.3 Å². The summed E-state index contributed by atoms with van der Waals surface area (Å²) >= 11 is 0. The van der Waals surface area contributed by atoms with Gasteiger partial charge in [0.25, 0.3) is 5.91 Å². The Hall–Kier alpha value is -1.55. The normalized spacial score (nSPS) is 16.2. The van der Waals surface area contributed by atoms with E-state index in [4.69, 9.17) is 0 Å². The summed E-state index contributed by atoms with van der Waals surface area (Å²) in [7, 11) is 0. The number of hydrogen-bond donors (Lipinski definition) is 3. The Bertz CT molecular complexity index is 481. The zero-order chi connectivity index (χ0) is 14.0. The van der Waals surface area contributed by atoms with Gasteiger partial charge in [-0.05, 0) is 51.3 Å². The molecule has 1 amide bonds. The molecule has 1 aromatic carbocycles. The van der Waals surface area contributed by atoms with E-state index in [1.165, 1.54) is 0 Å². The highest BCUT2D eigenvalue weighted by molar-refractivity contribution is 5.97. The molecule has 4 nitrogen and oxygen atoms in total. The highest BCUT2D eigenvalue weighted by Crippen LogP contribution is 2.25. The lowest BCUT2D eigenvalue weighted by Gasteiger charge is -2.30. The molecule has 1 aliphatic rings. The lowest BCUT2D eigenvalue weighted by molar-refractivity contribution is 0.0708. The predicted molar refractivity (Wildman–Crippen MR) is 76.5 cm³/mol. The maximum absolute atomic E-state index is 12.4. The van der Waals surface area contributed by atoms with Crippen LogP contribution in [0.4, 0.5) is 5.69 Å². The van der Waals surface area contributed by atoms with Gasteiger partial charge in [0.2, 0.25) is 0 Å². The van der Waals surface area contributed by atoms with Crippen molar-refractivity contribution in [1.82, 2.24) is 5.32 Å². The molecule has 1 heterocycles. The second-order valence-electron chi connectivity index (χ2n) is 5.71. The van der Waals surface area contributed by atoms with E-state index >= 15 is 0 Å². The van der Waals surface area contributed by atoms with E-state index in [9.17, 15) is 9.90 Å². The molecule has 0 fully saturated rings. The topological polar surface area (TPSA) is 61.4 Å². The molecule has 4 heteroatoms. The molecule has 1 aliphatic heterocycles. The molecule has 1 atom stereocenters. The molecule has 3 N–H and O–H groups in total. The Morgan fingerprint density at radius 3 is 2.89 bits per heavy atom. The Morgan fingerprint density at radius 2 is 2.21 bits per heavy atom. The van der Waals surface area contributed by atoms with E-state index in [2.05, 4.69) is 10.6 Å². The number of carbonyl (C=O) groups excluding carboxylic acids is 1. The lowest BCUT2D eigenvalue weighted by atomic mass is 9.94. The Kier molecular flexibility index (Phi) is 3.80. The third kappa shape index (κ3) is 2.89. The summed E-state index contributed by atoms with van der Waals surface area (Å²) in [5, 5.41) is 15.9. The molecule has 2 rings (SSSR count). The highest BCUT2D eigenvalue weighted by atomic mass is 16.3. The van der Waals surface area contributed by atoms with Gasteiger partial charge in [0.15, 0.2) is 0 Å². The largest absolute Gasteiger partial charge is 0.391 e. The van der Waals surface area contributed by atoms with Crippen molar-refractivity contribution in [3.63, 3.8) is 0 Å². The molecule has 19 heavy (non-hydrogen) atoms. The first-order chi connectivity index (χ1) is 8.92. The van der Waals surface area contributed by atoms with Crippen LogP contribution in [0.1, 0.15) is 43.1 Å². The number of aliphatic hydroxyl groups is 1. The van der Waals surface area contributed by atoms with E-state index in [1.54, 1.807) is 6.92 Å². The van der Waals surface area contributed by atoms with Crippen molar-refractivity contribution in [2.24, 2.45) is 0 Å². The average molecular weight is 262 g/mol. The van der Waals surface area contributed by atoms with Crippen molar-refractivity contribution in [2.75, 3.05) is 11.9 Å². The second-order valence-corrected chi connectivity index (χ2v) is 5.71. The third-order valence-corrected chi connectivity index (χ3v) is 3.82. The molecule has 0 aromatic heterocycles. The van der Waals surface area contributed by atoms with E-state index in [1.807, 2.05) is 32.0 Å². The highest BCUT2D eigenvalue weighted by Gasteiger charge is 2.28. The van der Waals surface area contributed by atoms with Gasteiger partial charge in [-0.1, -0.05) is 6.07 Å². The fourth-order valence-electron chi connectivity index (χ4n) is 2.19. The number of anilines is 1. The summed E-state index contributed by atoms with van der Waals surface area (Å²) in [5.74, 6) is -0.119. The quantitative estimate of drug-likeness (QED) is 0.780. The van der Waals surface area contributed by atoms with Crippen LogP contribution in [-0.4, -0.2) is 29.2 Å². The third-order valence-electron chi connectivity index (χ3n) is 3.82. The molecule has 0 radical (unpaired) electrons. The van der Waals surface area contributed by atoms with Crippen molar-refractivity contribution in [1.29, 1.82) is 0 Å². The van der Waals surface area contributed by atoms with Crippen LogP contribution in [-0.2, 0) is 6.42 Å². The Morgan fingerprint density at radius 1 is 1.47 bits per heavy atom. The van der Waals surface area contributed by atoms with Gasteiger partial charge in [-0.2, -0.15) is 0 Å². The van der Waals surface area contributed by atoms with Crippen LogP contribution in [0.15, 0.2) is 18.2 Å². The van der Waals surface area contributed by atoms with Gasteiger partial charge in [0.1, 0.15) is 0 Å². The maximum atomic E-state index is 12.4.